The number of aliphatic carboxylic acids is 1. The fraction of sp³-hybridized carbons (Fsp3) is 0.389. The van der Waals surface area contributed by atoms with Crippen LogP contribution in [-0.2, 0) is 11.8 Å². The zero-order valence-electron chi connectivity index (χ0n) is 13.6. The van der Waals surface area contributed by atoms with Crippen LogP contribution in [0.25, 0.3) is 11.3 Å². The number of amides is 1. The van der Waals surface area contributed by atoms with Crippen LogP contribution in [0.1, 0.15) is 36.2 Å². The van der Waals surface area contributed by atoms with E-state index in [4.69, 9.17) is 0 Å². The second-order valence-electron chi connectivity index (χ2n) is 6.21. The van der Waals surface area contributed by atoms with Crippen LogP contribution in [0.2, 0.25) is 0 Å². The molecule has 126 valence electrons. The van der Waals surface area contributed by atoms with E-state index in [0.717, 1.165) is 24.1 Å². The third kappa shape index (κ3) is 3.32. The number of aryl methyl sites for hydroxylation is 1. The van der Waals surface area contributed by atoms with Crippen LogP contribution in [0.5, 0.6) is 0 Å². The van der Waals surface area contributed by atoms with E-state index in [0.29, 0.717) is 18.5 Å². The van der Waals surface area contributed by atoms with E-state index >= 15 is 0 Å². The molecule has 1 fully saturated rings. The van der Waals surface area contributed by atoms with E-state index in [1.54, 1.807) is 13.1 Å². The molecule has 2 aromatic rings. The highest BCUT2D eigenvalue weighted by atomic mass is 16.4. The molecule has 0 saturated heterocycles. The van der Waals surface area contributed by atoms with Crippen LogP contribution < -0.4 is 5.32 Å². The maximum Gasteiger partial charge on any atom is 0.308 e. The lowest BCUT2D eigenvalue weighted by Gasteiger charge is -2.29. The molecule has 2 atom stereocenters. The fourth-order valence-corrected chi connectivity index (χ4v) is 3.27. The number of rotatable bonds is 4. The van der Waals surface area contributed by atoms with Gasteiger partial charge in [0.25, 0.3) is 5.91 Å². The minimum atomic E-state index is -0.838. The van der Waals surface area contributed by atoms with Gasteiger partial charge in [-0.3, -0.25) is 14.3 Å². The normalized spacial score (nSPS) is 20.5. The smallest absolute Gasteiger partial charge is 0.308 e. The highest BCUT2D eigenvalue weighted by molar-refractivity contribution is 5.94. The van der Waals surface area contributed by atoms with Gasteiger partial charge in [0.05, 0.1) is 11.6 Å². The molecule has 1 aromatic carbocycles. The van der Waals surface area contributed by atoms with Crippen LogP contribution in [0.4, 0.5) is 0 Å². The average Bonchev–Trinajstić information content (AvgIpc) is 2.98. The number of hydrogen-bond acceptors (Lipinski definition) is 3. The number of hydrogen-bond donors (Lipinski definition) is 2. The van der Waals surface area contributed by atoms with Gasteiger partial charge in [-0.2, -0.15) is 5.10 Å². The lowest BCUT2D eigenvalue weighted by atomic mass is 9.84. The Balaban J connectivity index is 1.78. The van der Waals surface area contributed by atoms with Crippen molar-refractivity contribution in [3.63, 3.8) is 0 Å². The fourth-order valence-electron chi connectivity index (χ4n) is 3.27. The molecule has 1 aromatic heterocycles. The van der Waals surface area contributed by atoms with Gasteiger partial charge in [0.1, 0.15) is 5.69 Å². The first kappa shape index (κ1) is 16.2. The standard InChI is InChI=1S/C18H21N3O3/c1-21-16(11-15(20-21)12-7-3-2-4-8-12)17(22)19-14-10-6-5-9-13(14)18(23)24/h2-4,7-8,11,13-14H,5-6,9-10H2,1H3,(H,19,22)(H,23,24)/t13-,14+/m0/s1. The van der Waals surface area contributed by atoms with E-state index in [2.05, 4.69) is 10.4 Å². The average molecular weight is 327 g/mol. The second-order valence-corrected chi connectivity index (χ2v) is 6.21. The summed E-state index contributed by atoms with van der Waals surface area (Å²) >= 11 is 0. The van der Waals surface area contributed by atoms with Crippen molar-refractivity contribution in [2.24, 2.45) is 13.0 Å². The quantitative estimate of drug-likeness (QED) is 0.903. The van der Waals surface area contributed by atoms with E-state index in [-0.39, 0.29) is 11.9 Å². The van der Waals surface area contributed by atoms with Crippen molar-refractivity contribution in [1.29, 1.82) is 0 Å². The summed E-state index contributed by atoms with van der Waals surface area (Å²) in [6.07, 6.45) is 3.15. The van der Waals surface area contributed by atoms with E-state index in [1.807, 2.05) is 30.3 Å². The van der Waals surface area contributed by atoms with Crippen molar-refractivity contribution < 1.29 is 14.7 Å². The number of carboxylic acids is 1. The first-order valence-corrected chi connectivity index (χ1v) is 8.19. The molecule has 2 N–H and O–H groups in total. The molecule has 0 spiro atoms. The van der Waals surface area contributed by atoms with E-state index < -0.39 is 11.9 Å². The Morgan fingerprint density at radius 1 is 1.21 bits per heavy atom. The molecule has 3 rings (SSSR count). The Bertz CT molecular complexity index is 739. The molecular weight excluding hydrogens is 306 g/mol. The summed E-state index contributed by atoms with van der Waals surface area (Å²) < 4.78 is 1.54. The lowest BCUT2D eigenvalue weighted by molar-refractivity contribution is -0.143. The SMILES string of the molecule is Cn1nc(-c2ccccc2)cc1C(=O)N[C@@H]1CCCC[C@@H]1C(=O)O. The Morgan fingerprint density at radius 3 is 2.62 bits per heavy atom. The monoisotopic (exact) mass is 327 g/mol. The molecule has 1 aliphatic rings. The van der Waals surface area contributed by atoms with Gasteiger partial charge < -0.3 is 10.4 Å². The number of benzene rings is 1. The number of carbonyl (C=O) groups is 2. The molecule has 24 heavy (non-hydrogen) atoms. The zero-order valence-corrected chi connectivity index (χ0v) is 13.6. The van der Waals surface area contributed by atoms with Crippen LogP contribution in [0.3, 0.4) is 0 Å². The third-order valence-corrected chi connectivity index (χ3v) is 4.58. The molecule has 0 aliphatic heterocycles. The molecule has 6 heteroatoms. The summed E-state index contributed by atoms with van der Waals surface area (Å²) in [5, 5.41) is 16.6. The Labute approximate surface area is 140 Å². The summed E-state index contributed by atoms with van der Waals surface area (Å²) in [7, 11) is 1.72. The van der Waals surface area contributed by atoms with E-state index in [1.165, 1.54) is 4.68 Å². The summed E-state index contributed by atoms with van der Waals surface area (Å²) in [6, 6.07) is 11.1. The van der Waals surface area contributed by atoms with Gasteiger partial charge in [-0.05, 0) is 18.9 Å². The molecule has 0 radical (unpaired) electrons. The molecular formula is C18H21N3O3. The molecule has 1 heterocycles. The summed E-state index contributed by atoms with van der Waals surface area (Å²) in [4.78, 5) is 24.0. The Morgan fingerprint density at radius 2 is 1.92 bits per heavy atom. The topological polar surface area (TPSA) is 84.2 Å². The third-order valence-electron chi connectivity index (χ3n) is 4.58. The second kappa shape index (κ2) is 6.86. The number of nitrogens with one attached hydrogen (secondary N) is 1. The van der Waals surface area contributed by atoms with Gasteiger partial charge in [0.15, 0.2) is 0 Å². The van der Waals surface area contributed by atoms with E-state index in [9.17, 15) is 14.7 Å². The van der Waals surface area contributed by atoms with Crippen molar-refractivity contribution in [2.75, 3.05) is 0 Å². The first-order chi connectivity index (χ1) is 11.6. The van der Waals surface area contributed by atoms with Gasteiger partial charge in [-0.1, -0.05) is 43.2 Å². The van der Waals surface area contributed by atoms with Crippen molar-refractivity contribution >= 4 is 11.9 Å². The van der Waals surface area contributed by atoms with Crippen LogP contribution in [0, 0.1) is 5.92 Å². The molecule has 1 saturated carbocycles. The summed E-state index contributed by atoms with van der Waals surface area (Å²) in [6.45, 7) is 0. The molecule has 1 amide bonds. The van der Waals surface area contributed by atoms with Crippen molar-refractivity contribution in [3.8, 4) is 11.3 Å². The highest BCUT2D eigenvalue weighted by Crippen LogP contribution is 2.25. The number of nitrogens with zero attached hydrogens (tertiary/aromatic N) is 2. The Hall–Kier alpha value is -2.63. The number of carboxylic acid groups (broad SMARTS) is 1. The summed E-state index contributed by atoms with van der Waals surface area (Å²) in [5.41, 5.74) is 2.10. The number of aromatic nitrogens is 2. The lowest BCUT2D eigenvalue weighted by Crippen LogP contribution is -2.45. The predicted molar refractivity (Wildman–Crippen MR) is 89.5 cm³/mol. The van der Waals surface area contributed by atoms with Crippen LogP contribution in [0.15, 0.2) is 36.4 Å². The van der Waals surface area contributed by atoms with Crippen molar-refractivity contribution in [3.05, 3.63) is 42.1 Å². The largest absolute Gasteiger partial charge is 0.481 e. The van der Waals surface area contributed by atoms with Crippen LogP contribution in [-0.4, -0.2) is 32.8 Å². The van der Waals surface area contributed by atoms with Gasteiger partial charge in [-0.15, -0.1) is 0 Å². The zero-order chi connectivity index (χ0) is 17.1. The molecule has 6 nitrogen and oxygen atoms in total. The van der Waals surface area contributed by atoms with Gasteiger partial charge in [0, 0.05) is 18.7 Å². The van der Waals surface area contributed by atoms with Gasteiger partial charge in [0.2, 0.25) is 0 Å². The predicted octanol–water partition coefficient (Wildman–Crippen LogP) is 2.46. The molecule has 0 unspecified atom stereocenters. The van der Waals surface area contributed by atoms with Gasteiger partial charge in [-0.25, -0.2) is 0 Å². The summed E-state index contributed by atoms with van der Waals surface area (Å²) in [5.74, 6) is -1.62. The minimum absolute atomic E-state index is 0.273. The highest BCUT2D eigenvalue weighted by Gasteiger charge is 2.32. The molecule has 1 aliphatic carbocycles. The van der Waals surface area contributed by atoms with Crippen molar-refractivity contribution in [2.45, 2.75) is 31.7 Å². The Kier molecular flexibility index (Phi) is 4.64. The number of carbonyl (C=O) groups excluding carboxylic acids is 1. The first-order valence-electron chi connectivity index (χ1n) is 8.19. The van der Waals surface area contributed by atoms with Gasteiger partial charge >= 0.3 is 5.97 Å². The molecule has 0 bridgehead atoms. The minimum Gasteiger partial charge on any atom is -0.481 e. The van der Waals surface area contributed by atoms with Crippen LogP contribution >= 0.6 is 0 Å². The maximum absolute atomic E-state index is 12.6. The van der Waals surface area contributed by atoms with Crippen molar-refractivity contribution in [1.82, 2.24) is 15.1 Å². The maximum atomic E-state index is 12.6.